The molecule has 0 fully saturated rings. The van der Waals surface area contributed by atoms with E-state index in [9.17, 15) is 0 Å². The molecule has 5 nitrogen and oxygen atoms in total. The fourth-order valence-corrected chi connectivity index (χ4v) is 1.88. The number of fused-ring (bicyclic) bond motifs is 1. The lowest BCUT2D eigenvalue weighted by Gasteiger charge is -2.04. The topological polar surface area (TPSA) is 74.2 Å². The molecule has 0 unspecified atom stereocenters. The number of hydrogen-bond donors (Lipinski definition) is 1. The van der Waals surface area contributed by atoms with Crippen molar-refractivity contribution in [2.75, 3.05) is 12.8 Å². The number of hydrogen-bond acceptors (Lipinski definition) is 5. The van der Waals surface area contributed by atoms with Crippen molar-refractivity contribution >= 4 is 16.6 Å². The second-order valence-corrected chi connectivity index (χ2v) is 3.87. The molecule has 0 aliphatic carbocycles. The van der Waals surface area contributed by atoms with Gasteiger partial charge in [-0.25, -0.2) is 4.98 Å². The van der Waals surface area contributed by atoms with E-state index in [0.29, 0.717) is 17.5 Å². The highest BCUT2D eigenvalue weighted by molar-refractivity contribution is 5.90. The number of aromatic nitrogens is 2. The average molecular weight is 241 g/mol. The smallest absolute Gasteiger partial charge is 0.221 e. The van der Waals surface area contributed by atoms with Crippen LogP contribution in [0, 0.1) is 0 Å². The van der Waals surface area contributed by atoms with Crippen LogP contribution >= 0.6 is 0 Å². The molecule has 2 aromatic heterocycles. The van der Waals surface area contributed by atoms with E-state index in [1.54, 1.807) is 19.4 Å². The average Bonchev–Trinajstić information content (AvgIpc) is 2.84. The van der Waals surface area contributed by atoms with Gasteiger partial charge in [0.25, 0.3) is 0 Å². The van der Waals surface area contributed by atoms with Crippen LogP contribution in [0.2, 0.25) is 0 Å². The minimum absolute atomic E-state index is 0.364. The summed E-state index contributed by atoms with van der Waals surface area (Å²) >= 11 is 0. The van der Waals surface area contributed by atoms with E-state index in [0.717, 1.165) is 16.3 Å². The zero-order valence-electron chi connectivity index (χ0n) is 9.75. The van der Waals surface area contributed by atoms with Gasteiger partial charge in [-0.15, -0.1) is 0 Å². The van der Waals surface area contributed by atoms with Crippen LogP contribution in [0.4, 0.5) is 5.82 Å². The van der Waals surface area contributed by atoms with Crippen molar-refractivity contribution in [1.29, 1.82) is 0 Å². The van der Waals surface area contributed by atoms with Gasteiger partial charge in [0.2, 0.25) is 5.88 Å². The quantitative estimate of drug-likeness (QED) is 0.746. The molecule has 3 aromatic rings. The van der Waals surface area contributed by atoms with Crippen molar-refractivity contribution in [3.05, 3.63) is 36.5 Å². The Morgan fingerprint density at radius 1 is 1.22 bits per heavy atom. The molecule has 0 atom stereocenters. The van der Waals surface area contributed by atoms with Crippen LogP contribution in [0.1, 0.15) is 0 Å². The van der Waals surface area contributed by atoms with Crippen LogP contribution in [0.3, 0.4) is 0 Å². The second kappa shape index (κ2) is 4.03. The minimum Gasteiger partial charge on any atom is -0.481 e. The van der Waals surface area contributed by atoms with Gasteiger partial charge in [-0.3, -0.25) is 0 Å². The number of benzene rings is 1. The first kappa shape index (κ1) is 10.6. The molecule has 3 rings (SSSR count). The lowest BCUT2D eigenvalue weighted by molar-refractivity contribution is 0.403. The highest BCUT2D eigenvalue weighted by Gasteiger charge is 2.08. The van der Waals surface area contributed by atoms with Gasteiger partial charge in [-0.2, -0.15) is 0 Å². The largest absolute Gasteiger partial charge is 0.481 e. The summed E-state index contributed by atoms with van der Waals surface area (Å²) in [5.41, 5.74) is 6.43. The van der Waals surface area contributed by atoms with Gasteiger partial charge >= 0.3 is 0 Å². The van der Waals surface area contributed by atoms with Crippen molar-refractivity contribution in [1.82, 2.24) is 10.1 Å². The van der Waals surface area contributed by atoms with Gasteiger partial charge < -0.3 is 15.0 Å². The Balaban J connectivity index is 2.21. The molecule has 0 saturated heterocycles. The van der Waals surface area contributed by atoms with Crippen molar-refractivity contribution in [2.45, 2.75) is 0 Å². The van der Waals surface area contributed by atoms with Crippen LogP contribution in [0.25, 0.3) is 22.1 Å². The summed E-state index contributed by atoms with van der Waals surface area (Å²) < 4.78 is 10.4. The Hall–Kier alpha value is -2.56. The second-order valence-electron chi connectivity index (χ2n) is 3.87. The third kappa shape index (κ3) is 1.66. The summed E-state index contributed by atoms with van der Waals surface area (Å²) in [4.78, 5) is 4.17. The Bertz CT molecular complexity index is 706. The lowest BCUT2D eigenvalue weighted by atomic mass is 10.1. The fourth-order valence-electron chi connectivity index (χ4n) is 1.88. The van der Waals surface area contributed by atoms with Crippen LogP contribution in [0.5, 0.6) is 5.88 Å². The van der Waals surface area contributed by atoms with Gasteiger partial charge in [-0.1, -0.05) is 17.3 Å². The van der Waals surface area contributed by atoms with Gasteiger partial charge in [0, 0.05) is 23.2 Å². The van der Waals surface area contributed by atoms with Gasteiger partial charge in [0.05, 0.1) is 7.11 Å². The Morgan fingerprint density at radius 2 is 2.11 bits per heavy atom. The number of nitrogen functional groups attached to an aromatic ring is 1. The van der Waals surface area contributed by atoms with Crippen molar-refractivity contribution in [3.8, 4) is 17.2 Å². The Labute approximate surface area is 103 Å². The molecule has 0 amide bonds. The maximum absolute atomic E-state index is 5.54. The molecule has 0 aliphatic rings. The third-order valence-electron chi connectivity index (χ3n) is 2.74. The van der Waals surface area contributed by atoms with Crippen molar-refractivity contribution < 1.29 is 9.26 Å². The van der Waals surface area contributed by atoms with E-state index < -0.39 is 0 Å². The maximum Gasteiger partial charge on any atom is 0.221 e. The third-order valence-corrected chi connectivity index (χ3v) is 2.74. The normalized spacial score (nSPS) is 10.7. The number of rotatable bonds is 2. The predicted octanol–water partition coefficient (Wildman–Crippen LogP) is 2.48. The standard InChI is InChI=1S/C13H11N3O2/c1-17-13-10-6-9(11-7-12(14)16-18-11)3-2-8(10)4-5-15-13/h2-7H,1H3,(H2,14,16). The molecule has 0 radical (unpaired) electrons. The van der Waals surface area contributed by atoms with E-state index in [-0.39, 0.29) is 0 Å². The first-order chi connectivity index (χ1) is 8.78. The highest BCUT2D eigenvalue weighted by atomic mass is 16.5. The van der Waals surface area contributed by atoms with Gasteiger partial charge in [-0.05, 0) is 17.5 Å². The summed E-state index contributed by atoms with van der Waals surface area (Å²) in [5, 5.41) is 5.65. The molecule has 1 aromatic carbocycles. The Kier molecular flexibility index (Phi) is 2.37. The van der Waals surface area contributed by atoms with Crippen LogP contribution < -0.4 is 10.5 Å². The first-order valence-electron chi connectivity index (χ1n) is 5.43. The molecule has 0 saturated carbocycles. The van der Waals surface area contributed by atoms with Crippen LogP contribution in [0.15, 0.2) is 41.1 Å². The molecular weight excluding hydrogens is 230 g/mol. The maximum atomic E-state index is 5.54. The Morgan fingerprint density at radius 3 is 2.83 bits per heavy atom. The SMILES string of the molecule is COc1nccc2ccc(-c3cc(N)no3)cc12. The van der Waals surface area contributed by atoms with E-state index in [2.05, 4.69) is 10.1 Å². The number of nitrogens with zero attached hydrogens (tertiary/aromatic N) is 2. The summed E-state index contributed by atoms with van der Waals surface area (Å²) in [7, 11) is 1.60. The lowest BCUT2D eigenvalue weighted by Crippen LogP contribution is -1.88. The fraction of sp³-hybridized carbons (Fsp3) is 0.0769. The first-order valence-corrected chi connectivity index (χ1v) is 5.43. The number of ether oxygens (including phenoxy) is 1. The van der Waals surface area contributed by atoms with Crippen molar-refractivity contribution in [3.63, 3.8) is 0 Å². The minimum atomic E-state index is 0.364. The number of nitrogens with two attached hydrogens (primary N) is 1. The molecular formula is C13H11N3O2. The van der Waals surface area contributed by atoms with Crippen LogP contribution in [-0.4, -0.2) is 17.3 Å². The summed E-state index contributed by atoms with van der Waals surface area (Å²) in [5.74, 6) is 1.57. The predicted molar refractivity (Wildman–Crippen MR) is 68.2 cm³/mol. The highest BCUT2D eigenvalue weighted by Crippen LogP contribution is 2.29. The summed E-state index contributed by atoms with van der Waals surface area (Å²) in [6.07, 6.45) is 1.72. The molecule has 0 bridgehead atoms. The number of anilines is 1. The molecule has 0 aliphatic heterocycles. The van der Waals surface area contributed by atoms with Crippen molar-refractivity contribution in [2.24, 2.45) is 0 Å². The van der Waals surface area contributed by atoms with E-state index in [1.165, 1.54) is 0 Å². The molecule has 18 heavy (non-hydrogen) atoms. The van der Waals surface area contributed by atoms with E-state index in [4.69, 9.17) is 15.0 Å². The zero-order chi connectivity index (χ0) is 12.5. The van der Waals surface area contributed by atoms with Gasteiger partial charge in [0.1, 0.15) is 0 Å². The summed E-state index contributed by atoms with van der Waals surface area (Å²) in [6.45, 7) is 0. The zero-order valence-corrected chi connectivity index (χ0v) is 9.75. The van der Waals surface area contributed by atoms with E-state index >= 15 is 0 Å². The van der Waals surface area contributed by atoms with Crippen LogP contribution in [-0.2, 0) is 0 Å². The number of methoxy groups -OCH3 is 1. The van der Waals surface area contributed by atoms with Gasteiger partial charge in [0.15, 0.2) is 11.6 Å². The van der Waals surface area contributed by atoms with E-state index in [1.807, 2.05) is 24.3 Å². The molecule has 2 N–H and O–H groups in total. The number of pyridine rings is 1. The molecule has 90 valence electrons. The molecule has 0 spiro atoms. The monoisotopic (exact) mass is 241 g/mol. The summed E-state index contributed by atoms with van der Waals surface area (Å²) in [6, 6.07) is 9.48. The molecule has 5 heteroatoms. The molecule has 2 heterocycles.